The molecule has 0 unspecified atom stereocenters. The fourth-order valence-corrected chi connectivity index (χ4v) is 1.77. The molecule has 0 bridgehead atoms. The summed E-state index contributed by atoms with van der Waals surface area (Å²) < 4.78 is 5.29. The van der Waals surface area contributed by atoms with E-state index in [2.05, 4.69) is 5.32 Å². The van der Waals surface area contributed by atoms with Crippen molar-refractivity contribution in [1.82, 2.24) is 0 Å². The van der Waals surface area contributed by atoms with E-state index in [1.807, 2.05) is 19.1 Å². The Balaban J connectivity index is 2.17. The summed E-state index contributed by atoms with van der Waals surface area (Å²) in [4.78, 5) is 12.0. The maximum Gasteiger partial charge on any atom is 0.343 e. The van der Waals surface area contributed by atoms with Crippen molar-refractivity contribution in [3.05, 3.63) is 53.6 Å². The molecule has 2 rings (SSSR count). The number of ether oxygens (including phenoxy) is 1. The van der Waals surface area contributed by atoms with E-state index in [4.69, 9.17) is 10.5 Å². The van der Waals surface area contributed by atoms with E-state index in [0.29, 0.717) is 17.0 Å². The third-order valence-corrected chi connectivity index (χ3v) is 2.76. The van der Waals surface area contributed by atoms with Gasteiger partial charge in [0.1, 0.15) is 5.75 Å². The van der Waals surface area contributed by atoms with Crippen molar-refractivity contribution >= 4 is 17.3 Å². The standard InChI is InChI=1S/C15H16N2O2/c1-10-4-3-5-11(8-10)15(18)19-12-6-7-14(17-2)13(16)9-12/h3-9,17H,16H2,1-2H3. The first-order valence-corrected chi connectivity index (χ1v) is 5.96. The monoisotopic (exact) mass is 256 g/mol. The van der Waals surface area contributed by atoms with Gasteiger partial charge in [-0.05, 0) is 31.2 Å². The average molecular weight is 256 g/mol. The van der Waals surface area contributed by atoms with Gasteiger partial charge >= 0.3 is 5.97 Å². The highest BCUT2D eigenvalue weighted by molar-refractivity contribution is 5.91. The number of carbonyl (C=O) groups is 1. The van der Waals surface area contributed by atoms with Gasteiger partial charge in [0.25, 0.3) is 0 Å². The minimum atomic E-state index is -0.389. The van der Waals surface area contributed by atoms with Gasteiger partial charge in [0.05, 0.1) is 16.9 Å². The molecular formula is C15H16N2O2. The third-order valence-electron chi connectivity index (χ3n) is 2.76. The van der Waals surface area contributed by atoms with Crippen molar-refractivity contribution in [3.63, 3.8) is 0 Å². The summed E-state index contributed by atoms with van der Waals surface area (Å²) in [6.45, 7) is 1.93. The number of hydrogen-bond acceptors (Lipinski definition) is 4. The largest absolute Gasteiger partial charge is 0.423 e. The molecule has 98 valence electrons. The Kier molecular flexibility index (Phi) is 3.71. The molecule has 2 aromatic carbocycles. The summed E-state index contributed by atoms with van der Waals surface area (Å²) in [5.74, 6) is 0.0447. The first-order valence-electron chi connectivity index (χ1n) is 5.96. The van der Waals surface area contributed by atoms with Crippen LogP contribution in [0.3, 0.4) is 0 Å². The molecule has 0 atom stereocenters. The zero-order valence-electron chi connectivity index (χ0n) is 10.9. The average Bonchev–Trinajstić information content (AvgIpc) is 2.39. The fraction of sp³-hybridized carbons (Fsp3) is 0.133. The third kappa shape index (κ3) is 3.04. The second-order valence-electron chi connectivity index (χ2n) is 4.26. The Morgan fingerprint density at radius 1 is 1.21 bits per heavy atom. The van der Waals surface area contributed by atoms with Crippen LogP contribution in [0, 0.1) is 6.92 Å². The summed E-state index contributed by atoms with van der Waals surface area (Å²) in [6.07, 6.45) is 0. The van der Waals surface area contributed by atoms with E-state index in [-0.39, 0.29) is 5.97 Å². The highest BCUT2D eigenvalue weighted by Crippen LogP contribution is 2.24. The Morgan fingerprint density at radius 2 is 2.00 bits per heavy atom. The maximum atomic E-state index is 12.0. The topological polar surface area (TPSA) is 64.3 Å². The van der Waals surface area contributed by atoms with E-state index in [1.54, 1.807) is 37.4 Å². The number of nitrogen functional groups attached to an aromatic ring is 1. The van der Waals surface area contributed by atoms with Crippen LogP contribution in [0.4, 0.5) is 11.4 Å². The molecule has 2 aromatic rings. The van der Waals surface area contributed by atoms with Gasteiger partial charge in [0, 0.05) is 13.1 Å². The van der Waals surface area contributed by atoms with Gasteiger partial charge < -0.3 is 15.8 Å². The van der Waals surface area contributed by atoms with Crippen molar-refractivity contribution in [3.8, 4) is 5.75 Å². The summed E-state index contributed by atoms with van der Waals surface area (Å²) >= 11 is 0. The van der Waals surface area contributed by atoms with Crippen LogP contribution in [-0.2, 0) is 0 Å². The normalized spacial score (nSPS) is 10.0. The van der Waals surface area contributed by atoms with Gasteiger partial charge in [-0.2, -0.15) is 0 Å². The molecule has 0 aliphatic rings. The molecule has 0 radical (unpaired) electrons. The number of hydrogen-bond donors (Lipinski definition) is 2. The molecule has 4 heteroatoms. The van der Waals surface area contributed by atoms with Crippen LogP contribution in [0.2, 0.25) is 0 Å². The number of nitrogens with one attached hydrogen (secondary N) is 1. The van der Waals surface area contributed by atoms with Gasteiger partial charge in [0.2, 0.25) is 0 Å². The molecule has 0 fully saturated rings. The number of rotatable bonds is 3. The summed E-state index contributed by atoms with van der Waals surface area (Å²) in [5.41, 5.74) is 8.69. The van der Waals surface area contributed by atoms with Crippen molar-refractivity contribution in [2.75, 3.05) is 18.1 Å². The van der Waals surface area contributed by atoms with Gasteiger partial charge in [-0.25, -0.2) is 4.79 Å². The number of carbonyl (C=O) groups excluding carboxylic acids is 1. The molecule has 0 amide bonds. The number of esters is 1. The summed E-state index contributed by atoms with van der Waals surface area (Å²) in [6, 6.07) is 12.4. The second-order valence-corrected chi connectivity index (χ2v) is 4.26. The van der Waals surface area contributed by atoms with Gasteiger partial charge in [-0.1, -0.05) is 17.7 Å². The lowest BCUT2D eigenvalue weighted by Crippen LogP contribution is -2.09. The molecule has 19 heavy (non-hydrogen) atoms. The number of anilines is 2. The minimum absolute atomic E-state index is 0.389. The zero-order valence-corrected chi connectivity index (χ0v) is 10.9. The molecule has 0 aromatic heterocycles. The Morgan fingerprint density at radius 3 is 2.63 bits per heavy atom. The highest BCUT2D eigenvalue weighted by Gasteiger charge is 2.09. The van der Waals surface area contributed by atoms with Crippen molar-refractivity contribution < 1.29 is 9.53 Å². The molecule has 0 spiro atoms. The summed E-state index contributed by atoms with van der Waals surface area (Å²) in [5, 5.41) is 2.95. The Labute approximate surface area is 112 Å². The Hall–Kier alpha value is -2.49. The second kappa shape index (κ2) is 5.44. The molecule has 0 aliphatic carbocycles. The molecule has 0 aliphatic heterocycles. The van der Waals surface area contributed by atoms with E-state index >= 15 is 0 Å². The van der Waals surface area contributed by atoms with E-state index in [9.17, 15) is 4.79 Å². The molecular weight excluding hydrogens is 240 g/mol. The lowest BCUT2D eigenvalue weighted by atomic mass is 10.1. The van der Waals surface area contributed by atoms with Crippen LogP contribution in [0.1, 0.15) is 15.9 Å². The maximum absolute atomic E-state index is 12.0. The molecule has 4 nitrogen and oxygen atoms in total. The van der Waals surface area contributed by atoms with E-state index in [1.165, 1.54) is 0 Å². The smallest absolute Gasteiger partial charge is 0.343 e. The van der Waals surface area contributed by atoms with E-state index in [0.717, 1.165) is 11.3 Å². The van der Waals surface area contributed by atoms with Crippen molar-refractivity contribution in [2.24, 2.45) is 0 Å². The van der Waals surface area contributed by atoms with Crippen LogP contribution in [0.5, 0.6) is 5.75 Å². The molecule has 3 N–H and O–H groups in total. The van der Waals surface area contributed by atoms with Gasteiger partial charge in [0.15, 0.2) is 0 Å². The van der Waals surface area contributed by atoms with Crippen LogP contribution < -0.4 is 15.8 Å². The van der Waals surface area contributed by atoms with Crippen LogP contribution in [0.15, 0.2) is 42.5 Å². The first-order chi connectivity index (χ1) is 9.10. The van der Waals surface area contributed by atoms with Crippen molar-refractivity contribution in [1.29, 1.82) is 0 Å². The van der Waals surface area contributed by atoms with Crippen LogP contribution in [0.25, 0.3) is 0 Å². The van der Waals surface area contributed by atoms with Crippen LogP contribution >= 0.6 is 0 Å². The highest BCUT2D eigenvalue weighted by atomic mass is 16.5. The number of benzene rings is 2. The summed E-state index contributed by atoms with van der Waals surface area (Å²) in [7, 11) is 1.78. The fourth-order valence-electron chi connectivity index (χ4n) is 1.77. The predicted molar refractivity (Wildman–Crippen MR) is 76.5 cm³/mol. The molecule has 0 saturated carbocycles. The van der Waals surface area contributed by atoms with Gasteiger partial charge in [-0.3, -0.25) is 0 Å². The lowest BCUT2D eigenvalue weighted by Gasteiger charge is -2.08. The first kappa shape index (κ1) is 13.0. The number of aryl methyl sites for hydroxylation is 1. The Bertz CT molecular complexity index is 609. The SMILES string of the molecule is CNc1ccc(OC(=O)c2cccc(C)c2)cc1N. The number of nitrogens with two attached hydrogens (primary N) is 1. The van der Waals surface area contributed by atoms with Crippen LogP contribution in [-0.4, -0.2) is 13.0 Å². The van der Waals surface area contributed by atoms with Crippen molar-refractivity contribution in [2.45, 2.75) is 6.92 Å². The van der Waals surface area contributed by atoms with Gasteiger partial charge in [-0.15, -0.1) is 0 Å². The minimum Gasteiger partial charge on any atom is -0.423 e. The lowest BCUT2D eigenvalue weighted by molar-refractivity contribution is 0.0735. The molecule has 0 heterocycles. The molecule has 0 saturated heterocycles. The van der Waals surface area contributed by atoms with E-state index < -0.39 is 0 Å². The quantitative estimate of drug-likeness (QED) is 0.503. The predicted octanol–water partition coefficient (Wildman–Crippen LogP) is 2.84. The zero-order chi connectivity index (χ0) is 13.8.